The Balaban J connectivity index is 1.98. The van der Waals surface area contributed by atoms with Gasteiger partial charge in [-0.1, -0.05) is 6.07 Å². The molecule has 0 unspecified atom stereocenters. The molecule has 144 valence electrons. The summed E-state index contributed by atoms with van der Waals surface area (Å²) in [4.78, 5) is 23.9. The highest BCUT2D eigenvalue weighted by Gasteiger charge is 2.21. The molecule has 0 spiro atoms. The van der Waals surface area contributed by atoms with Crippen LogP contribution < -0.4 is 5.32 Å². The van der Waals surface area contributed by atoms with Gasteiger partial charge in [0.25, 0.3) is 0 Å². The molecule has 0 atom stereocenters. The Morgan fingerprint density at radius 1 is 1.36 bits per heavy atom. The lowest BCUT2D eigenvalue weighted by Crippen LogP contribution is -2.05. The Labute approximate surface area is 160 Å². The molecule has 1 aromatic carbocycles. The predicted octanol–water partition coefficient (Wildman–Crippen LogP) is 2.10. The van der Waals surface area contributed by atoms with Crippen LogP contribution in [0, 0.1) is 6.92 Å². The first-order valence-corrected chi connectivity index (χ1v) is 8.80. The number of aliphatic hydroxyl groups is 1. The fraction of sp³-hybridized carbons (Fsp3) is 0.263. The van der Waals surface area contributed by atoms with Gasteiger partial charge in [-0.05, 0) is 24.6 Å². The van der Waals surface area contributed by atoms with Crippen LogP contribution in [0.2, 0.25) is 0 Å². The fourth-order valence-electron chi connectivity index (χ4n) is 3.44. The minimum atomic E-state index is -0.390. The number of ether oxygens (including phenoxy) is 1. The summed E-state index contributed by atoms with van der Waals surface area (Å²) in [7, 11) is 3.15. The number of aliphatic hydroxyl groups excluding tert-OH is 1. The van der Waals surface area contributed by atoms with E-state index < -0.39 is 0 Å². The zero-order valence-corrected chi connectivity index (χ0v) is 15.8. The first kappa shape index (κ1) is 17.9. The normalized spacial score (nSPS) is 11.3. The zero-order chi connectivity index (χ0) is 19.8. The molecule has 28 heavy (non-hydrogen) atoms. The van der Waals surface area contributed by atoms with Gasteiger partial charge in [-0.3, -0.25) is 0 Å². The summed E-state index contributed by atoms with van der Waals surface area (Å²) in [6.07, 6.45) is 1.47. The standard InChI is InChI=1S/C19H20N6O3/c1-10-12-5-4-11(19(27)28-3)8-13(12)23-15(10)16-14-17(20-2)21-9-22-18(14)25(24-16)6-7-26/h4-5,8-9,23,26H,6-7H2,1-3H3,(H,20,21,22). The monoisotopic (exact) mass is 380 g/mol. The van der Waals surface area contributed by atoms with Gasteiger partial charge < -0.3 is 20.1 Å². The molecular formula is C19H20N6O3. The van der Waals surface area contributed by atoms with Crippen LogP contribution in [0.4, 0.5) is 5.82 Å². The number of carbonyl (C=O) groups is 1. The Hall–Kier alpha value is -3.46. The maximum atomic E-state index is 11.9. The number of benzene rings is 1. The molecule has 0 saturated carbocycles. The summed E-state index contributed by atoms with van der Waals surface area (Å²) in [5.74, 6) is 0.261. The number of hydrogen-bond donors (Lipinski definition) is 3. The topological polar surface area (TPSA) is 118 Å². The minimum absolute atomic E-state index is 0.0523. The van der Waals surface area contributed by atoms with Crippen LogP contribution in [0.5, 0.6) is 0 Å². The van der Waals surface area contributed by atoms with E-state index in [2.05, 4.69) is 25.4 Å². The maximum Gasteiger partial charge on any atom is 0.337 e. The van der Waals surface area contributed by atoms with Crippen molar-refractivity contribution in [2.75, 3.05) is 26.1 Å². The van der Waals surface area contributed by atoms with Gasteiger partial charge in [-0.15, -0.1) is 0 Å². The van der Waals surface area contributed by atoms with Crippen LogP contribution in [0.3, 0.4) is 0 Å². The third-order valence-corrected chi connectivity index (χ3v) is 4.79. The number of carbonyl (C=O) groups excluding carboxylic acids is 1. The van der Waals surface area contributed by atoms with Crippen LogP contribution in [-0.4, -0.2) is 56.6 Å². The van der Waals surface area contributed by atoms with Crippen molar-refractivity contribution >= 4 is 33.7 Å². The fourth-order valence-corrected chi connectivity index (χ4v) is 3.44. The summed E-state index contributed by atoms with van der Waals surface area (Å²) in [5, 5.41) is 18.9. The van der Waals surface area contributed by atoms with Crippen molar-refractivity contribution in [3.05, 3.63) is 35.7 Å². The molecule has 9 heteroatoms. The van der Waals surface area contributed by atoms with Crippen LogP contribution >= 0.6 is 0 Å². The smallest absolute Gasteiger partial charge is 0.337 e. The second-order valence-corrected chi connectivity index (χ2v) is 6.34. The highest BCUT2D eigenvalue weighted by molar-refractivity contribution is 6.03. The number of nitrogens with zero attached hydrogens (tertiary/aromatic N) is 4. The van der Waals surface area contributed by atoms with Gasteiger partial charge in [-0.2, -0.15) is 5.10 Å². The van der Waals surface area contributed by atoms with Crippen LogP contribution in [0.15, 0.2) is 24.5 Å². The predicted molar refractivity (Wildman–Crippen MR) is 105 cm³/mol. The van der Waals surface area contributed by atoms with E-state index in [-0.39, 0.29) is 12.6 Å². The number of aromatic nitrogens is 5. The number of fused-ring (bicyclic) bond motifs is 2. The van der Waals surface area contributed by atoms with Crippen molar-refractivity contribution < 1.29 is 14.6 Å². The number of nitrogens with one attached hydrogen (secondary N) is 2. The quantitative estimate of drug-likeness (QED) is 0.454. The molecule has 0 saturated heterocycles. The number of methoxy groups -OCH3 is 1. The van der Waals surface area contributed by atoms with Gasteiger partial charge >= 0.3 is 5.97 Å². The Morgan fingerprint density at radius 2 is 2.18 bits per heavy atom. The molecule has 0 aliphatic carbocycles. The molecule has 0 bridgehead atoms. The molecule has 0 aliphatic heterocycles. The number of anilines is 1. The average Bonchev–Trinajstić information content (AvgIpc) is 3.25. The van der Waals surface area contributed by atoms with Gasteiger partial charge in [0.1, 0.15) is 17.8 Å². The van der Waals surface area contributed by atoms with E-state index in [4.69, 9.17) is 4.74 Å². The summed E-state index contributed by atoms with van der Waals surface area (Å²) >= 11 is 0. The van der Waals surface area contributed by atoms with E-state index in [0.717, 1.165) is 27.5 Å². The number of aromatic amines is 1. The molecule has 3 aromatic heterocycles. The lowest BCUT2D eigenvalue weighted by atomic mass is 10.1. The van der Waals surface area contributed by atoms with Gasteiger partial charge in [-0.25, -0.2) is 19.4 Å². The van der Waals surface area contributed by atoms with Crippen molar-refractivity contribution in [1.82, 2.24) is 24.7 Å². The first-order chi connectivity index (χ1) is 13.6. The van der Waals surface area contributed by atoms with Crippen molar-refractivity contribution in [3.63, 3.8) is 0 Å². The van der Waals surface area contributed by atoms with Gasteiger partial charge in [0.05, 0.1) is 36.9 Å². The van der Waals surface area contributed by atoms with Crippen LogP contribution in [-0.2, 0) is 11.3 Å². The van der Waals surface area contributed by atoms with Gasteiger partial charge in [0, 0.05) is 18.0 Å². The first-order valence-electron chi connectivity index (χ1n) is 8.80. The molecule has 0 fully saturated rings. The van der Waals surface area contributed by atoms with Crippen LogP contribution in [0.25, 0.3) is 33.3 Å². The third-order valence-electron chi connectivity index (χ3n) is 4.79. The Kier molecular flexibility index (Phi) is 4.44. The zero-order valence-electron chi connectivity index (χ0n) is 15.8. The minimum Gasteiger partial charge on any atom is -0.465 e. The Bertz CT molecular complexity index is 1190. The number of H-pyrrole nitrogens is 1. The van der Waals surface area contributed by atoms with E-state index >= 15 is 0 Å². The molecule has 0 radical (unpaired) electrons. The lowest BCUT2D eigenvalue weighted by Gasteiger charge is -2.02. The summed E-state index contributed by atoms with van der Waals surface area (Å²) in [6, 6.07) is 5.39. The second-order valence-electron chi connectivity index (χ2n) is 6.34. The Morgan fingerprint density at radius 3 is 2.89 bits per heavy atom. The van der Waals surface area contributed by atoms with E-state index in [1.165, 1.54) is 13.4 Å². The number of esters is 1. The molecule has 4 rings (SSSR count). The summed E-state index contributed by atoms with van der Waals surface area (Å²) in [5.41, 5.74) is 4.40. The summed E-state index contributed by atoms with van der Waals surface area (Å²) < 4.78 is 6.47. The highest BCUT2D eigenvalue weighted by atomic mass is 16.5. The largest absolute Gasteiger partial charge is 0.465 e. The lowest BCUT2D eigenvalue weighted by molar-refractivity contribution is 0.0601. The molecule has 3 N–H and O–H groups in total. The maximum absolute atomic E-state index is 11.9. The van der Waals surface area contributed by atoms with E-state index in [0.29, 0.717) is 29.3 Å². The SMILES string of the molecule is CNc1ncnc2c1c(-c1[nH]c3cc(C(=O)OC)ccc3c1C)nn2CCO. The molecular weight excluding hydrogens is 360 g/mol. The van der Waals surface area contributed by atoms with E-state index in [1.807, 2.05) is 13.0 Å². The molecule has 3 heterocycles. The van der Waals surface area contributed by atoms with Crippen molar-refractivity contribution in [1.29, 1.82) is 0 Å². The number of rotatable bonds is 5. The molecule has 0 aliphatic rings. The van der Waals surface area contributed by atoms with Gasteiger partial charge in [0.15, 0.2) is 5.65 Å². The highest BCUT2D eigenvalue weighted by Crippen LogP contribution is 2.35. The number of aryl methyl sites for hydroxylation is 1. The third kappa shape index (κ3) is 2.67. The van der Waals surface area contributed by atoms with E-state index in [1.54, 1.807) is 23.9 Å². The molecule has 9 nitrogen and oxygen atoms in total. The molecule has 4 aromatic rings. The van der Waals surface area contributed by atoms with Crippen molar-refractivity contribution in [3.8, 4) is 11.4 Å². The molecule has 0 amide bonds. The van der Waals surface area contributed by atoms with Crippen molar-refractivity contribution in [2.45, 2.75) is 13.5 Å². The van der Waals surface area contributed by atoms with Crippen molar-refractivity contribution in [2.24, 2.45) is 0 Å². The van der Waals surface area contributed by atoms with Crippen LogP contribution in [0.1, 0.15) is 15.9 Å². The van der Waals surface area contributed by atoms with Gasteiger partial charge in [0.2, 0.25) is 0 Å². The van der Waals surface area contributed by atoms with E-state index in [9.17, 15) is 9.90 Å². The summed E-state index contributed by atoms with van der Waals surface area (Å²) in [6.45, 7) is 2.26. The average molecular weight is 380 g/mol. The number of hydrogen-bond acceptors (Lipinski definition) is 7. The second kappa shape index (κ2) is 6.93.